The quantitative estimate of drug-likeness (QED) is 0.667. The van der Waals surface area contributed by atoms with Gasteiger partial charge in [-0.05, 0) is 54.6 Å². The van der Waals surface area contributed by atoms with Crippen LogP contribution < -0.4 is 0 Å². The van der Waals surface area contributed by atoms with Crippen LogP contribution in [0.2, 0.25) is 5.02 Å². The van der Waals surface area contributed by atoms with Crippen LogP contribution in [0.3, 0.4) is 0 Å². The third-order valence-electron chi connectivity index (χ3n) is 4.21. The first-order valence-corrected chi connectivity index (χ1v) is 8.47. The molecule has 0 N–H and O–H groups in total. The molecule has 2 aromatic carbocycles. The van der Waals surface area contributed by atoms with E-state index in [1.807, 2.05) is 0 Å². The highest BCUT2D eigenvalue weighted by molar-refractivity contribution is 6.30. The molecule has 6 nitrogen and oxygen atoms in total. The van der Waals surface area contributed by atoms with Crippen molar-refractivity contribution in [2.24, 2.45) is 0 Å². The number of tetrazole rings is 1. The molecule has 1 aromatic heterocycles. The number of carbonyl (C=O) groups is 1. The molecule has 0 saturated heterocycles. The van der Waals surface area contributed by atoms with E-state index >= 15 is 0 Å². The van der Waals surface area contributed by atoms with Crippen molar-refractivity contribution in [3.05, 3.63) is 64.7 Å². The fraction of sp³-hybridized carbons (Fsp3) is 0.222. The predicted molar refractivity (Wildman–Crippen MR) is 95.8 cm³/mol. The maximum Gasteiger partial charge on any atom is 0.246 e. The van der Waals surface area contributed by atoms with E-state index in [-0.39, 0.29) is 18.0 Å². The number of amides is 1. The summed E-state index contributed by atoms with van der Waals surface area (Å²) < 4.78 is 27.3. The lowest BCUT2D eigenvalue weighted by Gasteiger charge is -2.25. The Hall–Kier alpha value is -2.87. The van der Waals surface area contributed by atoms with Gasteiger partial charge in [0.15, 0.2) is 0 Å². The molecule has 9 heteroatoms. The van der Waals surface area contributed by atoms with Crippen molar-refractivity contribution in [1.82, 2.24) is 25.1 Å². The Kier molecular flexibility index (Phi) is 5.46. The Bertz CT molecular complexity index is 961. The molecule has 27 heavy (non-hydrogen) atoms. The average molecular weight is 392 g/mol. The summed E-state index contributed by atoms with van der Waals surface area (Å²) in [6, 6.07) is 9.38. The molecule has 0 aliphatic carbocycles. The normalized spacial score (nSPS) is 12.0. The van der Waals surface area contributed by atoms with Crippen LogP contribution in [-0.4, -0.2) is 38.1 Å². The van der Waals surface area contributed by atoms with Crippen LogP contribution in [0, 0.1) is 11.6 Å². The Morgan fingerprint density at radius 3 is 2.63 bits per heavy atom. The molecule has 3 rings (SSSR count). The van der Waals surface area contributed by atoms with Crippen LogP contribution in [0.15, 0.2) is 42.5 Å². The lowest BCUT2D eigenvalue weighted by Crippen LogP contribution is -2.33. The van der Waals surface area contributed by atoms with Gasteiger partial charge in [0, 0.05) is 23.2 Å². The van der Waals surface area contributed by atoms with Gasteiger partial charge in [-0.2, -0.15) is 4.80 Å². The van der Waals surface area contributed by atoms with Gasteiger partial charge >= 0.3 is 0 Å². The van der Waals surface area contributed by atoms with Crippen LogP contribution in [-0.2, 0) is 11.3 Å². The fourth-order valence-electron chi connectivity index (χ4n) is 2.52. The minimum atomic E-state index is -0.660. The first-order valence-electron chi connectivity index (χ1n) is 8.09. The van der Waals surface area contributed by atoms with E-state index in [4.69, 9.17) is 11.6 Å². The summed E-state index contributed by atoms with van der Waals surface area (Å²) in [5, 5.41) is 12.5. The highest BCUT2D eigenvalue weighted by Crippen LogP contribution is 2.23. The van der Waals surface area contributed by atoms with E-state index in [1.165, 1.54) is 11.9 Å². The highest BCUT2D eigenvalue weighted by atomic mass is 35.5. The van der Waals surface area contributed by atoms with Gasteiger partial charge in [-0.15, -0.1) is 10.2 Å². The molecule has 0 radical (unpaired) electrons. The highest BCUT2D eigenvalue weighted by Gasteiger charge is 2.22. The van der Waals surface area contributed by atoms with Crippen LogP contribution in [0.5, 0.6) is 0 Å². The number of likely N-dealkylation sites (N-methyl/N-ethyl adjacent to an activating group) is 1. The van der Waals surface area contributed by atoms with Gasteiger partial charge < -0.3 is 4.90 Å². The van der Waals surface area contributed by atoms with Crippen molar-refractivity contribution in [3.63, 3.8) is 0 Å². The second-order valence-corrected chi connectivity index (χ2v) is 6.43. The number of benzene rings is 2. The van der Waals surface area contributed by atoms with E-state index in [0.717, 1.165) is 23.0 Å². The molecule has 3 aromatic rings. The zero-order chi connectivity index (χ0) is 19.6. The summed E-state index contributed by atoms with van der Waals surface area (Å²) in [5.41, 5.74) is 0.806. The molecule has 1 heterocycles. The average Bonchev–Trinajstić information content (AvgIpc) is 3.11. The van der Waals surface area contributed by atoms with Crippen molar-refractivity contribution >= 4 is 17.5 Å². The topological polar surface area (TPSA) is 63.9 Å². The SMILES string of the molecule is CC(c1cc(F)ccc1F)N(C)C(=O)Cn1nnc(-c2ccc(Cl)cc2)n1. The van der Waals surface area contributed by atoms with Crippen molar-refractivity contribution in [2.45, 2.75) is 19.5 Å². The summed E-state index contributed by atoms with van der Waals surface area (Å²) in [4.78, 5) is 14.9. The van der Waals surface area contributed by atoms with Gasteiger partial charge in [-0.25, -0.2) is 8.78 Å². The molecule has 1 unspecified atom stereocenters. The van der Waals surface area contributed by atoms with E-state index in [1.54, 1.807) is 31.2 Å². The van der Waals surface area contributed by atoms with Crippen LogP contribution in [0.4, 0.5) is 8.78 Å². The third-order valence-corrected chi connectivity index (χ3v) is 4.47. The lowest BCUT2D eigenvalue weighted by atomic mass is 10.1. The predicted octanol–water partition coefficient (Wildman–Crippen LogP) is 3.49. The number of halogens is 3. The summed E-state index contributed by atoms with van der Waals surface area (Å²) in [6.45, 7) is 1.43. The van der Waals surface area contributed by atoms with Gasteiger partial charge in [0.25, 0.3) is 0 Å². The van der Waals surface area contributed by atoms with Gasteiger partial charge in [0.05, 0.1) is 6.04 Å². The van der Waals surface area contributed by atoms with Gasteiger partial charge in [0.2, 0.25) is 11.7 Å². The van der Waals surface area contributed by atoms with Crippen molar-refractivity contribution < 1.29 is 13.6 Å². The molecule has 0 saturated carbocycles. The smallest absolute Gasteiger partial charge is 0.246 e. The second kappa shape index (κ2) is 7.79. The fourth-order valence-corrected chi connectivity index (χ4v) is 2.64. The summed E-state index contributed by atoms with van der Waals surface area (Å²) >= 11 is 5.85. The van der Waals surface area contributed by atoms with Gasteiger partial charge in [-0.3, -0.25) is 4.79 Å². The van der Waals surface area contributed by atoms with Gasteiger partial charge in [0.1, 0.15) is 18.2 Å². The van der Waals surface area contributed by atoms with Crippen molar-refractivity contribution in [1.29, 1.82) is 0 Å². The molecule has 0 bridgehead atoms. The second-order valence-electron chi connectivity index (χ2n) is 6.00. The number of rotatable bonds is 5. The van der Waals surface area contributed by atoms with Crippen molar-refractivity contribution in [2.75, 3.05) is 7.05 Å². The first kappa shape index (κ1) is 18.9. The van der Waals surface area contributed by atoms with E-state index in [2.05, 4.69) is 15.4 Å². The molecule has 140 valence electrons. The molecule has 0 aliphatic rings. The number of carbonyl (C=O) groups excluding carboxylic acids is 1. The van der Waals surface area contributed by atoms with E-state index in [0.29, 0.717) is 16.4 Å². The Morgan fingerprint density at radius 2 is 1.93 bits per heavy atom. The minimum absolute atomic E-state index is 0.0965. The minimum Gasteiger partial charge on any atom is -0.337 e. The molecule has 0 spiro atoms. The Labute approximate surface area is 159 Å². The number of hydrogen-bond acceptors (Lipinski definition) is 4. The molecule has 0 aliphatic heterocycles. The summed E-state index contributed by atoms with van der Waals surface area (Å²) in [6.07, 6.45) is 0. The van der Waals surface area contributed by atoms with E-state index in [9.17, 15) is 13.6 Å². The maximum atomic E-state index is 13.9. The van der Waals surface area contributed by atoms with Crippen molar-refractivity contribution in [3.8, 4) is 11.4 Å². The molecule has 0 fully saturated rings. The number of nitrogens with zero attached hydrogens (tertiary/aromatic N) is 5. The van der Waals surface area contributed by atoms with Crippen LogP contribution in [0.1, 0.15) is 18.5 Å². The Balaban J connectivity index is 1.71. The molecule has 1 atom stereocenters. The zero-order valence-electron chi connectivity index (χ0n) is 14.6. The van der Waals surface area contributed by atoms with Crippen LogP contribution >= 0.6 is 11.6 Å². The molecular weight excluding hydrogens is 376 g/mol. The number of hydrogen-bond donors (Lipinski definition) is 0. The first-order chi connectivity index (χ1) is 12.8. The summed E-state index contributed by atoms with van der Waals surface area (Å²) in [7, 11) is 1.51. The molecular formula is C18H16ClF2N5O. The largest absolute Gasteiger partial charge is 0.337 e. The maximum absolute atomic E-state index is 13.9. The lowest BCUT2D eigenvalue weighted by molar-refractivity contribution is -0.132. The van der Waals surface area contributed by atoms with Gasteiger partial charge in [-0.1, -0.05) is 11.6 Å². The number of aromatic nitrogens is 4. The third kappa shape index (κ3) is 4.28. The monoisotopic (exact) mass is 391 g/mol. The zero-order valence-corrected chi connectivity index (χ0v) is 15.4. The standard InChI is InChI=1S/C18H16ClF2N5O/c1-11(15-9-14(20)7-8-16(15)21)25(2)17(27)10-26-23-18(22-24-26)12-3-5-13(19)6-4-12/h3-9,11H,10H2,1-2H3. The summed E-state index contributed by atoms with van der Waals surface area (Å²) in [5.74, 6) is -1.16. The Morgan fingerprint density at radius 1 is 1.22 bits per heavy atom. The molecule has 1 amide bonds. The van der Waals surface area contributed by atoms with E-state index < -0.39 is 17.7 Å². The van der Waals surface area contributed by atoms with Crippen LogP contribution in [0.25, 0.3) is 11.4 Å².